The van der Waals surface area contributed by atoms with Crippen LogP contribution in [0, 0.1) is 11.3 Å². The maximum Gasteiger partial charge on any atom is 0.106 e. The van der Waals surface area contributed by atoms with E-state index in [0.29, 0.717) is 4.91 Å². The maximum absolute atomic E-state index is 8.89. The van der Waals surface area contributed by atoms with Crippen LogP contribution in [0.3, 0.4) is 0 Å². The highest BCUT2D eigenvalue weighted by molar-refractivity contribution is 7.85. The Bertz CT molecular complexity index is 693. The van der Waals surface area contributed by atoms with Gasteiger partial charge < -0.3 is 4.90 Å². The average molecular weight is 268 g/mol. The molecule has 2 rings (SSSR count). The van der Waals surface area contributed by atoms with E-state index in [2.05, 4.69) is 53.9 Å². The van der Waals surface area contributed by atoms with Crippen molar-refractivity contribution in [2.45, 2.75) is 6.92 Å². The molecule has 2 aromatic rings. The first kappa shape index (κ1) is 13.5. The number of allylic oxidation sites excluding steroid dienone is 2. The topological polar surface area (TPSA) is 27.0 Å². The van der Waals surface area contributed by atoms with Crippen molar-refractivity contribution in [1.82, 2.24) is 0 Å². The molecule has 0 N–H and O–H groups in total. The van der Waals surface area contributed by atoms with Gasteiger partial charge in [0.15, 0.2) is 0 Å². The molecule has 0 saturated carbocycles. The number of fused-ring (bicyclic) bond motifs is 1. The summed E-state index contributed by atoms with van der Waals surface area (Å²) in [6.45, 7) is 1.92. The van der Waals surface area contributed by atoms with Crippen LogP contribution in [0.1, 0.15) is 12.5 Å². The summed E-state index contributed by atoms with van der Waals surface area (Å²) < 4.78 is 0. The van der Waals surface area contributed by atoms with Crippen molar-refractivity contribution in [2.75, 3.05) is 19.0 Å². The van der Waals surface area contributed by atoms with Crippen LogP contribution in [0.4, 0.5) is 5.69 Å². The molecule has 0 bridgehead atoms. The second-order valence-electron chi connectivity index (χ2n) is 4.73. The fourth-order valence-corrected chi connectivity index (χ4v) is 2.09. The Balaban J connectivity index is 2.55. The second-order valence-corrected chi connectivity index (χ2v) is 5.17. The van der Waals surface area contributed by atoms with Crippen molar-refractivity contribution in [2.24, 2.45) is 0 Å². The minimum Gasteiger partial charge on any atom is -0.378 e. The van der Waals surface area contributed by atoms with Crippen LogP contribution in [0.2, 0.25) is 0 Å². The highest BCUT2D eigenvalue weighted by atomic mass is 32.1. The molecule has 2 nitrogen and oxygen atoms in total. The van der Waals surface area contributed by atoms with Crippen LogP contribution in [0.25, 0.3) is 16.3 Å². The number of hydrogen-bond acceptors (Lipinski definition) is 3. The Morgan fingerprint density at radius 1 is 1.11 bits per heavy atom. The number of hydrogen-bond donors (Lipinski definition) is 1. The normalized spacial score (nSPS) is 11.9. The van der Waals surface area contributed by atoms with Gasteiger partial charge in [0, 0.05) is 19.8 Å². The number of thiol groups is 1. The van der Waals surface area contributed by atoms with Gasteiger partial charge in [-0.15, -0.1) is 12.6 Å². The molecule has 3 heteroatoms. The van der Waals surface area contributed by atoms with Crippen molar-refractivity contribution < 1.29 is 0 Å². The standard InChI is InChI=1S/C16H16N2S/c1-11(16(19)10-17)12-4-5-14-9-15(18(2)3)7-6-13(14)8-12/h4-9,19H,1-3H3/b16-11+. The van der Waals surface area contributed by atoms with Gasteiger partial charge in [0.2, 0.25) is 0 Å². The van der Waals surface area contributed by atoms with E-state index in [1.165, 1.54) is 16.5 Å². The van der Waals surface area contributed by atoms with E-state index in [1.54, 1.807) is 0 Å². The fraction of sp³-hybridized carbons (Fsp3) is 0.188. The third-order valence-corrected chi connectivity index (χ3v) is 3.67. The minimum absolute atomic E-state index is 0.462. The molecule has 0 aliphatic heterocycles. The van der Waals surface area contributed by atoms with Crippen molar-refractivity contribution in [1.29, 1.82) is 5.26 Å². The molecular weight excluding hydrogens is 252 g/mol. The van der Waals surface area contributed by atoms with Crippen molar-refractivity contribution in [3.05, 3.63) is 46.9 Å². The van der Waals surface area contributed by atoms with Crippen LogP contribution >= 0.6 is 12.6 Å². The van der Waals surface area contributed by atoms with Crippen molar-refractivity contribution in [3.8, 4) is 6.07 Å². The lowest BCUT2D eigenvalue weighted by molar-refractivity contribution is 1.14. The SMILES string of the molecule is C/C(=C(\S)C#N)c1ccc2cc(N(C)C)ccc2c1. The van der Waals surface area contributed by atoms with Crippen LogP contribution in [-0.4, -0.2) is 14.1 Å². The van der Waals surface area contributed by atoms with E-state index in [9.17, 15) is 0 Å². The molecule has 96 valence electrons. The summed E-state index contributed by atoms with van der Waals surface area (Å²) >= 11 is 4.19. The summed E-state index contributed by atoms with van der Waals surface area (Å²) in [5.74, 6) is 0. The molecule has 0 heterocycles. The summed E-state index contributed by atoms with van der Waals surface area (Å²) in [5.41, 5.74) is 3.13. The smallest absolute Gasteiger partial charge is 0.106 e. The molecule has 0 fully saturated rings. The van der Waals surface area contributed by atoms with Gasteiger partial charge >= 0.3 is 0 Å². The number of anilines is 1. The maximum atomic E-state index is 8.89. The van der Waals surface area contributed by atoms with E-state index in [-0.39, 0.29) is 0 Å². The summed E-state index contributed by atoms with van der Waals surface area (Å²) in [6, 6.07) is 14.6. The van der Waals surface area contributed by atoms with E-state index < -0.39 is 0 Å². The van der Waals surface area contributed by atoms with Crippen LogP contribution < -0.4 is 4.90 Å². The minimum atomic E-state index is 0.462. The zero-order valence-corrected chi connectivity index (χ0v) is 12.2. The highest BCUT2D eigenvalue weighted by Gasteiger charge is 2.04. The predicted octanol–water partition coefficient (Wildman–Crippen LogP) is 4.09. The van der Waals surface area contributed by atoms with Crippen molar-refractivity contribution >= 4 is 34.7 Å². The van der Waals surface area contributed by atoms with Crippen LogP contribution in [0.15, 0.2) is 41.3 Å². The summed E-state index contributed by atoms with van der Waals surface area (Å²) in [4.78, 5) is 2.55. The monoisotopic (exact) mass is 268 g/mol. The Morgan fingerprint density at radius 3 is 2.37 bits per heavy atom. The van der Waals surface area contributed by atoms with Gasteiger partial charge in [-0.25, -0.2) is 0 Å². The van der Waals surface area contributed by atoms with Gasteiger partial charge in [0.05, 0.1) is 4.91 Å². The molecular formula is C16H16N2S. The van der Waals surface area contributed by atoms with E-state index >= 15 is 0 Å². The Hall–Kier alpha value is -1.92. The first-order valence-corrected chi connectivity index (χ1v) is 6.49. The molecule has 0 aliphatic rings. The molecule has 2 aromatic carbocycles. The average Bonchev–Trinajstić information content (AvgIpc) is 2.44. The summed E-state index contributed by atoms with van der Waals surface area (Å²) in [5, 5.41) is 11.3. The number of benzene rings is 2. The van der Waals surface area contributed by atoms with Crippen LogP contribution in [-0.2, 0) is 0 Å². The Kier molecular flexibility index (Phi) is 3.82. The molecule has 0 atom stereocenters. The lowest BCUT2D eigenvalue weighted by atomic mass is 10.0. The zero-order valence-electron chi connectivity index (χ0n) is 11.3. The summed E-state index contributed by atoms with van der Waals surface area (Å²) in [6.07, 6.45) is 0. The molecule has 19 heavy (non-hydrogen) atoms. The Morgan fingerprint density at radius 2 is 1.74 bits per heavy atom. The predicted molar refractivity (Wildman–Crippen MR) is 85.5 cm³/mol. The second kappa shape index (κ2) is 5.38. The molecule has 0 unspecified atom stereocenters. The lowest BCUT2D eigenvalue weighted by Gasteiger charge is -2.13. The molecule has 0 aromatic heterocycles. The van der Waals surface area contributed by atoms with Crippen molar-refractivity contribution in [3.63, 3.8) is 0 Å². The van der Waals surface area contributed by atoms with E-state index in [4.69, 9.17) is 5.26 Å². The number of nitrogens with zero attached hydrogens (tertiary/aromatic N) is 2. The Labute approximate surface area is 119 Å². The van der Waals surface area contributed by atoms with Gasteiger partial charge in [0.1, 0.15) is 6.07 Å². The highest BCUT2D eigenvalue weighted by Crippen LogP contribution is 2.26. The van der Waals surface area contributed by atoms with Crippen LogP contribution in [0.5, 0.6) is 0 Å². The first-order chi connectivity index (χ1) is 9.02. The fourth-order valence-electron chi connectivity index (χ4n) is 1.97. The van der Waals surface area contributed by atoms with Gasteiger partial charge in [-0.1, -0.05) is 18.2 Å². The largest absolute Gasteiger partial charge is 0.378 e. The van der Waals surface area contributed by atoms with Gasteiger partial charge in [0.25, 0.3) is 0 Å². The molecule has 0 spiro atoms. The molecule has 0 amide bonds. The van der Waals surface area contributed by atoms with E-state index in [1.807, 2.05) is 27.1 Å². The van der Waals surface area contributed by atoms with E-state index in [0.717, 1.165) is 11.1 Å². The van der Waals surface area contributed by atoms with Gasteiger partial charge in [-0.3, -0.25) is 0 Å². The summed E-state index contributed by atoms with van der Waals surface area (Å²) in [7, 11) is 4.06. The molecule has 0 radical (unpaired) electrons. The first-order valence-electron chi connectivity index (χ1n) is 6.04. The third kappa shape index (κ3) is 2.74. The quantitative estimate of drug-likeness (QED) is 0.656. The number of rotatable bonds is 2. The molecule has 0 saturated heterocycles. The molecule has 0 aliphatic carbocycles. The lowest BCUT2D eigenvalue weighted by Crippen LogP contribution is -2.07. The zero-order chi connectivity index (χ0) is 14.0. The van der Waals surface area contributed by atoms with Gasteiger partial charge in [-0.05, 0) is 47.0 Å². The van der Waals surface area contributed by atoms with Gasteiger partial charge in [-0.2, -0.15) is 5.26 Å². The third-order valence-electron chi connectivity index (χ3n) is 3.23. The number of nitriles is 1.